The van der Waals surface area contributed by atoms with Gasteiger partial charge in [0, 0.05) is 17.7 Å². The monoisotopic (exact) mass is 314 g/mol. The molecule has 3 aromatic rings. The second-order valence-corrected chi connectivity index (χ2v) is 5.17. The molecule has 0 saturated carbocycles. The van der Waals surface area contributed by atoms with Gasteiger partial charge in [-0.3, -0.25) is 4.79 Å². The molecule has 4 rings (SSSR count). The molecule has 7 nitrogen and oxygen atoms in total. The Bertz CT molecular complexity index is 1030. The minimum absolute atomic E-state index is 0.0644. The molecule has 1 aliphatic rings. The topological polar surface area (TPSA) is 120 Å². The van der Waals surface area contributed by atoms with E-state index in [1.807, 2.05) is 0 Å². The number of phenolic OH excluding ortho intramolecular Hbond substituents is 4. The van der Waals surface area contributed by atoms with E-state index < -0.39 is 11.2 Å². The molecule has 7 heteroatoms. The van der Waals surface area contributed by atoms with Crippen LogP contribution in [0.3, 0.4) is 0 Å². The van der Waals surface area contributed by atoms with Gasteiger partial charge in [0.2, 0.25) is 11.2 Å². The Morgan fingerprint density at radius 1 is 0.957 bits per heavy atom. The first-order chi connectivity index (χ1) is 11.0. The second-order valence-electron chi connectivity index (χ2n) is 5.17. The van der Waals surface area contributed by atoms with Crippen molar-refractivity contribution in [2.75, 3.05) is 0 Å². The first kappa shape index (κ1) is 13.3. The van der Waals surface area contributed by atoms with Crippen LogP contribution in [0.1, 0.15) is 5.56 Å². The Balaban J connectivity index is 2.17. The molecule has 0 spiro atoms. The average molecular weight is 314 g/mol. The Labute approximate surface area is 128 Å². The van der Waals surface area contributed by atoms with Gasteiger partial charge >= 0.3 is 0 Å². The smallest absolute Gasteiger partial charge is 0.239 e. The number of benzene rings is 2. The molecule has 0 radical (unpaired) electrons. The van der Waals surface area contributed by atoms with Crippen molar-refractivity contribution >= 4 is 11.0 Å². The van der Waals surface area contributed by atoms with Gasteiger partial charge < -0.3 is 29.6 Å². The number of hydrogen-bond acceptors (Lipinski definition) is 7. The summed E-state index contributed by atoms with van der Waals surface area (Å²) in [6.07, 6.45) is 0. The van der Waals surface area contributed by atoms with Gasteiger partial charge in [-0.2, -0.15) is 0 Å². The maximum atomic E-state index is 12.5. The van der Waals surface area contributed by atoms with Crippen molar-refractivity contribution in [2.24, 2.45) is 0 Å². The van der Waals surface area contributed by atoms with E-state index in [0.29, 0.717) is 0 Å². The van der Waals surface area contributed by atoms with Crippen LogP contribution in [-0.2, 0) is 6.61 Å². The van der Waals surface area contributed by atoms with Crippen molar-refractivity contribution in [3.8, 4) is 40.1 Å². The van der Waals surface area contributed by atoms with Gasteiger partial charge in [-0.1, -0.05) is 0 Å². The molecule has 1 aromatic heterocycles. The Kier molecular flexibility index (Phi) is 2.51. The summed E-state index contributed by atoms with van der Waals surface area (Å²) in [5.74, 6) is -1.26. The summed E-state index contributed by atoms with van der Waals surface area (Å²) < 4.78 is 10.9. The summed E-state index contributed by atoms with van der Waals surface area (Å²) in [6, 6.07) is 4.77. The molecular weight excluding hydrogens is 304 g/mol. The molecule has 0 unspecified atom stereocenters. The molecule has 0 fully saturated rings. The summed E-state index contributed by atoms with van der Waals surface area (Å²) >= 11 is 0. The fourth-order valence-electron chi connectivity index (χ4n) is 2.73. The largest absolute Gasteiger partial charge is 0.508 e. The second kappa shape index (κ2) is 4.33. The van der Waals surface area contributed by atoms with Crippen LogP contribution in [0.4, 0.5) is 0 Å². The zero-order chi connectivity index (χ0) is 16.3. The molecule has 2 aromatic carbocycles. The van der Waals surface area contributed by atoms with E-state index in [1.165, 1.54) is 18.2 Å². The van der Waals surface area contributed by atoms with Gasteiger partial charge in [0.05, 0.1) is 5.56 Å². The molecule has 23 heavy (non-hydrogen) atoms. The standard InChI is InChI=1S/C16H10O7/c17-6-3-10(20)13-11(4-6)23-15-12-7(5-22-16(15)14(13)21)8(18)1-2-9(12)19/h1-4,17-20H,5H2. The molecular formula is C16H10O7. The van der Waals surface area contributed by atoms with Gasteiger partial charge in [0.25, 0.3) is 0 Å². The third kappa shape index (κ3) is 1.73. The molecule has 0 bridgehead atoms. The quantitative estimate of drug-likeness (QED) is 0.469. The molecule has 4 N–H and O–H groups in total. The highest BCUT2D eigenvalue weighted by Crippen LogP contribution is 2.46. The van der Waals surface area contributed by atoms with Crippen molar-refractivity contribution < 1.29 is 29.6 Å². The number of hydrogen-bond donors (Lipinski definition) is 4. The number of phenols is 4. The lowest BCUT2D eigenvalue weighted by Crippen LogP contribution is -2.15. The Hall–Kier alpha value is -3.35. The molecule has 116 valence electrons. The summed E-state index contributed by atoms with van der Waals surface area (Å²) in [5.41, 5.74) is -0.268. The predicted octanol–water partition coefficient (Wildman–Crippen LogP) is 2.17. The van der Waals surface area contributed by atoms with Crippen LogP contribution < -0.4 is 10.2 Å². The highest BCUT2D eigenvalue weighted by Gasteiger charge is 2.29. The third-order valence-electron chi connectivity index (χ3n) is 3.77. The summed E-state index contributed by atoms with van der Waals surface area (Å²) in [6.45, 7) is -0.127. The van der Waals surface area contributed by atoms with Gasteiger partial charge in [-0.15, -0.1) is 0 Å². The van der Waals surface area contributed by atoms with Gasteiger partial charge in [0.15, 0.2) is 5.76 Å². The number of fused-ring (bicyclic) bond motifs is 4. The zero-order valence-electron chi connectivity index (χ0n) is 11.5. The average Bonchev–Trinajstić information content (AvgIpc) is 2.49. The maximum absolute atomic E-state index is 12.5. The van der Waals surface area contributed by atoms with E-state index in [0.717, 1.165) is 6.07 Å². The lowest BCUT2D eigenvalue weighted by Gasteiger charge is -2.21. The molecule has 0 atom stereocenters. The van der Waals surface area contributed by atoms with Crippen LogP contribution in [0.2, 0.25) is 0 Å². The van der Waals surface area contributed by atoms with Gasteiger partial charge in [-0.25, -0.2) is 0 Å². The van der Waals surface area contributed by atoms with Crippen LogP contribution in [0.25, 0.3) is 22.3 Å². The Morgan fingerprint density at radius 3 is 2.48 bits per heavy atom. The SMILES string of the molecule is O=c1c2c(oc3cc(O)cc(O)c13)-c1c(O)ccc(O)c1CO2. The zero-order valence-corrected chi connectivity index (χ0v) is 11.5. The predicted molar refractivity (Wildman–Crippen MR) is 78.9 cm³/mol. The normalized spacial score (nSPS) is 12.5. The van der Waals surface area contributed by atoms with Gasteiger partial charge in [0.1, 0.15) is 40.6 Å². The van der Waals surface area contributed by atoms with E-state index in [-0.39, 0.29) is 57.5 Å². The molecule has 0 amide bonds. The van der Waals surface area contributed by atoms with E-state index in [9.17, 15) is 25.2 Å². The highest BCUT2D eigenvalue weighted by molar-refractivity contribution is 5.90. The fraction of sp³-hybridized carbons (Fsp3) is 0.0625. The fourth-order valence-corrected chi connectivity index (χ4v) is 2.73. The first-order valence-corrected chi connectivity index (χ1v) is 6.67. The first-order valence-electron chi connectivity index (χ1n) is 6.67. The molecule has 0 saturated heterocycles. The van der Waals surface area contributed by atoms with Crippen LogP contribution in [0.5, 0.6) is 28.7 Å². The summed E-state index contributed by atoms with van der Waals surface area (Å²) in [5, 5.41) is 39.2. The number of ether oxygens (including phenoxy) is 1. The van der Waals surface area contributed by atoms with Crippen molar-refractivity contribution in [1.82, 2.24) is 0 Å². The molecule has 0 aliphatic carbocycles. The Morgan fingerprint density at radius 2 is 1.70 bits per heavy atom. The lowest BCUT2D eigenvalue weighted by atomic mass is 9.99. The van der Waals surface area contributed by atoms with Crippen molar-refractivity contribution in [1.29, 1.82) is 0 Å². The van der Waals surface area contributed by atoms with E-state index >= 15 is 0 Å². The molecule has 2 heterocycles. The number of aromatic hydroxyl groups is 4. The van der Waals surface area contributed by atoms with Crippen LogP contribution in [0.15, 0.2) is 33.5 Å². The van der Waals surface area contributed by atoms with Crippen molar-refractivity contribution in [3.05, 3.63) is 40.1 Å². The van der Waals surface area contributed by atoms with E-state index in [2.05, 4.69) is 0 Å². The van der Waals surface area contributed by atoms with E-state index in [1.54, 1.807) is 0 Å². The van der Waals surface area contributed by atoms with E-state index in [4.69, 9.17) is 9.15 Å². The third-order valence-corrected chi connectivity index (χ3v) is 3.77. The maximum Gasteiger partial charge on any atom is 0.239 e. The van der Waals surface area contributed by atoms with Crippen molar-refractivity contribution in [2.45, 2.75) is 6.61 Å². The highest BCUT2D eigenvalue weighted by atomic mass is 16.5. The number of rotatable bonds is 0. The van der Waals surface area contributed by atoms with Crippen molar-refractivity contribution in [3.63, 3.8) is 0 Å². The summed E-state index contributed by atoms with van der Waals surface area (Å²) in [7, 11) is 0. The lowest BCUT2D eigenvalue weighted by molar-refractivity contribution is 0.281. The molecule has 1 aliphatic heterocycles. The minimum atomic E-state index is -0.632. The summed E-state index contributed by atoms with van der Waals surface area (Å²) in [4.78, 5) is 12.5. The van der Waals surface area contributed by atoms with Crippen LogP contribution >= 0.6 is 0 Å². The van der Waals surface area contributed by atoms with Gasteiger partial charge in [-0.05, 0) is 12.1 Å². The van der Waals surface area contributed by atoms with Crippen LogP contribution in [-0.4, -0.2) is 20.4 Å². The van der Waals surface area contributed by atoms with Crippen LogP contribution in [0, 0.1) is 0 Å². The minimum Gasteiger partial charge on any atom is -0.508 e.